The molecule has 0 spiro atoms. The lowest BCUT2D eigenvalue weighted by molar-refractivity contribution is 0.275. The van der Waals surface area contributed by atoms with Crippen molar-refractivity contribution in [1.82, 2.24) is 15.0 Å². The van der Waals surface area contributed by atoms with Gasteiger partial charge in [-0.1, -0.05) is 18.6 Å². The highest BCUT2D eigenvalue weighted by Crippen LogP contribution is 2.17. The van der Waals surface area contributed by atoms with E-state index in [4.69, 9.17) is 5.11 Å². The molecule has 0 fully saturated rings. The third kappa shape index (κ3) is 2.38. The SMILES string of the molecule is CCCc1c(CO)nnn1-c1cc(F)cc(F)c1. The summed E-state index contributed by atoms with van der Waals surface area (Å²) in [7, 11) is 0. The average Bonchev–Trinajstić information content (AvgIpc) is 2.71. The first-order valence-electron chi connectivity index (χ1n) is 5.66. The van der Waals surface area contributed by atoms with Crippen LogP contribution in [0.25, 0.3) is 5.69 Å². The number of hydrogen-bond acceptors (Lipinski definition) is 3. The fraction of sp³-hybridized carbons (Fsp3) is 0.333. The third-order valence-corrected chi connectivity index (χ3v) is 2.57. The van der Waals surface area contributed by atoms with Crippen LogP contribution >= 0.6 is 0 Å². The summed E-state index contributed by atoms with van der Waals surface area (Å²) in [5, 5.41) is 16.8. The van der Waals surface area contributed by atoms with E-state index in [1.807, 2.05) is 6.92 Å². The van der Waals surface area contributed by atoms with E-state index in [1.165, 1.54) is 16.8 Å². The first-order chi connectivity index (χ1) is 8.65. The van der Waals surface area contributed by atoms with Crippen LogP contribution in [0.2, 0.25) is 0 Å². The smallest absolute Gasteiger partial charge is 0.128 e. The predicted octanol–water partition coefficient (Wildman–Crippen LogP) is 1.99. The molecule has 1 aromatic heterocycles. The van der Waals surface area contributed by atoms with Crippen molar-refractivity contribution in [3.05, 3.63) is 41.2 Å². The average molecular weight is 253 g/mol. The summed E-state index contributed by atoms with van der Waals surface area (Å²) in [5.74, 6) is -1.35. The molecule has 0 unspecified atom stereocenters. The Morgan fingerprint density at radius 3 is 2.44 bits per heavy atom. The first-order valence-corrected chi connectivity index (χ1v) is 5.66. The first kappa shape index (κ1) is 12.6. The van der Waals surface area contributed by atoms with Crippen molar-refractivity contribution in [3.8, 4) is 5.69 Å². The molecule has 0 bridgehead atoms. The minimum atomic E-state index is -0.673. The molecule has 1 aromatic carbocycles. The van der Waals surface area contributed by atoms with E-state index in [2.05, 4.69) is 10.3 Å². The molecular weight excluding hydrogens is 240 g/mol. The molecule has 0 aliphatic carbocycles. The van der Waals surface area contributed by atoms with Crippen LogP contribution in [0.1, 0.15) is 24.7 Å². The van der Waals surface area contributed by atoms with Crippen molar-refractivity contribution in [1.29, 1.82) is 0 Å². The van der Waals surface area contributed by atoms with Gasteiger partial charge in [0.05, 0.1) is 18.0 Å². The summed E-state index contributed by atoms with van der Waals surface area (Å²) in [6, 6.07) is 3.16. The van der Waals surface area contributed by atoms with E-state index >= 15 is 0 Å². The van der Waals surface area contributed by atoms with Gasteiger partial charge in [-0.15, -0.1) is 5.10 Å². The Kier molecular flexibility index (Phi) is 3.66. The summed E-state index contributed by atoms with van der Waals surface area (Å²) < 4.78 is 27.7. The lowest BCUT2D eigenvalue weighted by Gasteiger charge is -2.06. The molecule has 1 heterocycles. The number of aromatic nitrogens is 3. The molecule has 96 valence electrons. The second kappa shape index (κ2) is 5.22. The zero-order chi connectivity index (χ0) is 13.1. The Morgan fingerprint density at radius 1 is 1.22 bits per heavy atom. The van der Waals surface area contributed by atoms with Crippen LogP contribution < -0.4 is 0 Å². The summed E-state index contributed by atoms with van der Waals surface area (Å²) >= 11 is 0. The topological polar surface area (TPSA) is 50.9 Å². The van der Waals surface area contributed by atoms with Crippen molar-refractivity contribution in [2.45, 2.75) is 26.4 Å². The van der Waals surface area contributed by atoms with Crippen LogP contribution in [0.4, 0.5) is 8.78 Å². The highest BCUT2D eigenvalue weighted by molar-refractivity contribution is 5.34. The number of hydrogen-bond donors (Lipinski definition) is 1. The molecule has 0 saturated carbocycles. The van der Waals surface area contributed by atoms with Gasteiger partial charge in [-0.05, 0) is 18.6 Å². The zero-order valence-corrected chi connectivity index (χ0v) is 9.90. The van der Waals surface area contributed by atoms with Gasteiger partial charge in [0.25, 0.3) is 0 Å². The van der Waals surface area contributed by atoms with Crippen LogP contribution in [-0.4, -0.2) is 20.1 Å². The second-order valence-corrected chi connectivity index (χ2v) is 3.93. The van der Waals surface area contributed by atoms with Crippen molar-refractivity contribution >= 4 is 0 Å². The predicted molar refractivity (Wildman–Crippen MR) is 61.2 cm³/mol. The lowest BCUT2D eigenvalue weighted by atomic mass is 10.2. The maximum atomic E-state index is 13.2. The summed E-state index contributed by atoms with van der Waals surface area (Å²) in [6.07, 6.45) is 1.44. The maximum absolute atomic E-state index is 13.2. The highest BCUT2D eigenvalue weighted by atomic mass is 19.1. The monoisotopic (exact) mass is 253 g/mol. The Bertz CT molecular complexity index is 534. The van der Waals surface area contributed by atoms with Crippen molar-refractivity contribution in [2.24, 2.45) is 0 Å². The molecule has 0 aliphatic heterocycles. The van der Waals surface area contributed by atoms with Gasteiger partial charge in [-0.25, -0.2) is 13.5 Å². The molecule has 0 radical (unpaired) electrons. The van der Waals surface area contributed by atoms with Gasteiger partial charge in [0, 0.05) is 6.07 Å². The van der Waals surface area contributed by atoms with Crippen molar-refractivity contribution in [3.63, 3.8) is 0 Å². The van der Waals surface area contributed by atoms with Crippen LogP contribution in [0.3, 0.4) is 0 Å². The van der Waals surface area contributed by atoms with Crippen LogP contribution in [0.15, 0.2) is 18.2 Å². The highest BCUT2D eigenvalue weighted by Gasteiger charge is 2.14. The van der Waals surface area contributed by atoms with Gasteiger partial charge in [0.1, 0.15) is 17.3 Å². The minimum Gasteiger partial charge on any atom is -0.390 e. The summed E-state index contributed by atoms with van der Waals surface area (Å²) in [4.78, 5) is 0. The standard InChI is InChI=1S/C12H13F2N3O/c1-2-3-12-11(7-18)15-16-17(12)10-5-8(13)4-9(14)6-10/h4-6,18H,2-3,7H2,1H3. The van der Waals surface area contributed by atoms with Gasteiger partial charge in [0.15, 0.2) is 0 Å². The molecule has 0 aliphatic rings. The number of rotatable bonds is 4. The molecule has 0 saturated heterocycles. The van der Waals surface area contributed by atoms with E-state index in [-0.39, 0.29) is 12.3 Å². The van der Waals surface area contributed by atoms with Gasteiger partial charge in [0.2, 0.25) is 0 Å². The van der Waals surface area contributed by atoms with E-state index < -0.39 is 11.6 Å². The Labute approximate surface area is 103 Å². The number of halogens is 2. The Hall–Kier alpha value is -1.82. The van der Waals surface area contributed by atoms with E-state index in [9.17, 15) is 8.78 Å². The normalized spacial score (nSPS) is 10.9. The van der Waals surface area contributed by atoms with Crippen molar-refractivity contribution < 1.29 is 13.9 Å². The lowest BCUT2D eigenvalue weighted by Crippen LogP contribution is -2.04. The second-order valence-electron chi connectivity index (χ2n) is 3.93. The Morgan fingerprint density at radius 2 is 1.89 bits per heavy atom. The van der Waals surface area contributed by atoms with Gasteiger partial charge in [-0.2, -0.15) is 0 Å². The largest absolute Gasteiger partial charge is 0.390 e. The summed E-state index contributed by atoms with van der Waals surface area (Å²) in [6.45, 7) is 1.72. The van der Waals surface area contributed by atoms with Crippen molar-refractivity contribution in [2.75, 3.05) is 0 Å². The molecule has 18 heavy (non-hydrogen) atoms. The maximum Gasteiger partial charge on any atom is 0.128 e. The minimum absolute atomic E-state index is 0.243. The number of benzene rings is 1. The Balaban J connectivity index is 2.52. The fourth-order valence-corrected chi connectivity index (χ4v) is 1.81. The molecule has 1 N–H and O–H groups in total. The molecule has 0 atom stereocenters. The molecule has 2 aromatic rings. The quantitative estimate of drug-likeness (QED) is 0.906. The van der Waals surface area contributed by atoms with Gasteiger partial charge in [-0.3, -0.25) is 0 Å². The molecular formula is C12H13F2N3O. The van der Waals surface area contributed by atoms with Gasteiger partial charge >= 0.3 is 0 Å². The summed E-state index contributed by atoms with van der Waals surface area (Å²) in [5.41, 5.74) is 1.37. The van der Waals surface area contributed by atoms with E-state index in [0.717, 1.165) is 12.5 Å². The van der Waals surface area contributed by atoms with E-state index in [0.29, 0.717) is 17.8 Å². The number of nitrogens with zero attached hydrogens (tertiary/aromatic N) is 3. The molecule has 6 heteroatoms. The third-order valence-electron chi connectivity index (χ3n) is 2.57. The molecule has 2 rings (SSSR count). The van der Waals surface area contributed by atoms with Gasteiger partial charge < -0.3 is 5.11 Å². The molecule has 4 nitrogen and oxygen atoms in total. The molecule has 0 amide bonds. The zero-order valence-electron chi connectivity index (χ0n) is 9.90. The van der Waals surface area contributed by atoms with E-state index in [1.54, 1.807) is 0 Å². The number of aliphatic hydroxyl groups is 1. The number of aliphatic hydroxyl groups excluding tert-OH is 1. The van der Waals surface area contributed by atoms with Crippen LogP contribution in [0.5, 0.6) is 0 Å². The fourth-order valence-electron chi connectivity index (χ4n) is 1.81. The van der Waals surface area contributed by atoms with Crippen LogP contribution in [0, 0.1) is 11.6 Å². The van der Waals surface area contributed by atoms with Crippen LogP contribution in [-0.2, 0) is 13.0 Å².